The summed E-state index contributed by atoms with van der Waals surface area (Å²) >= 11 is 0. The first kappa shape index (κ1) is 20.7. The number of nitrogen functional groups attached to an aromatic ring is 1. The van der Waals surface area contributed by atoms with Gasteiger partial charge >= 0.3 is 16.1 Å². The summed E-state index contributed by atoms with van der Waals surface area (Å²) in [6.45, 7) is -0.834. The minimum absolute atomic E-state index is 0.0232. The molecule has 1 aliphatic heterocycles. The lowest BCUT2D eigenvalue weighted by molar-refractivity contribution is -0.0633. The molecule has 0 saturated carbocycles. The molecule has 2 aromatic rings. The molecule has 1 fully saturated rings. The Morgan fingerprint density at radius 1 is 1.50 bits per heavy atom. The number of nitrogens with zero attached hydrogens (tertiary/aromatic N) is 4. The highest BCUT2D eigenvalue weighted by Gasteiger charge is 2.58. The quantitative estimate of drug-likeness (QED) is 0.342. The van der Waals surface area contributed by atoms with Gasteiger partial charge in [0.15, 0.2) is 5.82 Å². The van der Waals surface area contributed by atoms with E-state index in [-0.39, 0.29) is 11.5 Å². The number of fused-ring (bicyclic) bond motifs is 1. The van der Waals surface area contributed by atoms with Gasteiger partial charge in [-0.2, -0.15) is 10.4 Å². The molecule has 0 bridgehead atoms. The van der Waals surface area contributed by atoms with E-state index in [1.165, 1.54) is 16.6 Å². The minimum Gasteiger partial charge on any atom is -0.387 e. The Balaban J connectivity index is 1.90. The van der Waals surface area contributed by atoms with Crippen LogP contribution in [0.5, 0.6) is 0 Å². The molecule has 16 heteroatoms. The molecule has 14 nitrogen and oxygen atoms in total. The van der Waals surface area contributed by atoms with E-state index in [1.807, 2.05) is 0 Å². The molecule has 3 heterocycles. The fourth-order valence-electron chi connectivity index (χ4n) is 2.83. The number of nitriles is 1. The van der Waals surface area contributed by atoms with Crippen LogP contribution in [0.1, 0.15) is 5.69 Å². The van der Waals surface area contributed by atoms with E-state index in [4.69, 9.17) is 15.4 Å². The number of aliphatic hydroxyl groups excluding tert-OH is 2. The van der Waals surface area contributed by atoms with E-state index in [0.29, 0.717) is 5.52 Å². The summed E-state index contributed by atoms with van der Waals surface area (Å²) in [4.78, 5) is 21.6. The number of phosphoric ester groups is 1. The first-order chi connectivity index (χ1) is 13.1. The first-order valence-corrected chi connectivity index (χ1v) is 10.1. The average Bonchev–Trinajstić information content (AvgIpc) is 3.15. The van der Waals surface area contributed by atoms with Crippen LogP contribution in [0.2, 0.25) is 0 Å². The van der Waals surface area contributed by atoms with Gasteiger partial charge in [0.2, 0.25) is 5.60 Å². The Morgan fingerprint density at radius 3 is 2.86 bits per heavy atom. The number of hydrogen-bond acceptors (Lipinski definition) is 11. The zero-order valence-electron chi connectivity index (χ0n) is 13.8. The molecule has 150 valence electrons. The van der Waals surface area contributed by atoms with Crippen molar-refractivity contribution in [1.82, 2.24) is 14.6 Å². The minimum atomic E-state index is -4.94. The van der Waals surface area contributed by atoms with Gasteiger partial charge in [0.05, 0.1) is 12.3 Å². The summed E-state index contributed by atoms with van der Waals surface area (Å²) in [5.74, 6) is 0.0961. The molecule has 0 spiro atoms. The molecule has 0 aromatic carbocycles. The van der Waals surface area contributed by atoms with Gasteiger partial charge in [-0.25, -0.2) is 14.1 Å². The third-order valence-corrected chi connectivity index (χ3v) is 5.92. The molecule has 3 rings (SSSR count). The molecule has 1 saturated heterocycles. The predicted octanol–water partition coefficient (Wildman–Crippen LogP) is -1.07. The van der Waals surface area contributed by atoms with Crippen LogP contribution in [-0.4, -0.2) is 59.5 Å². The Hall–Kier alpha value is -2.04. The maximum atomic E-state index is 11.5. The normalized spacial score (nSPS) is 30.1. The highest BCUT2D eigenvalue weighted by Crippen LogP contribution is 2.51. The summed E-state index contributed by atoms with van der Waals surface area (Å²) in [7, 11) is -8.36. The Morgan fingerprint density at radius 2 is 2.21 bits per heavy atom. The number of ether oxygens (including phenoxy) is 1. The van der Waals surface area contributed by atoms with Gasteiger partial charge in [-0.3, -0.25) is 9.42 Å². The van der Waals surface area contributed by atoms with Crippen molar-refractivity contribution in [2.75, 3.05) is 12.3 Å². The van der Waals surface area contributed by atoms with Crippen LogP contribution in [0.3, 0.4) is 0 Å². The van der Waals surface area contributed by atoms with Crippen molar-refractivity contribution in [3.63, 3.8) is 0 Å². The summed E-state index contributed by atoms with van der Waals surface area (Å²) in [6, 6.07) is 4.64. The molecule has 6 atom stereocenters. The average molecular weight is 434 g/mol. The molecule has 0 amide bonds. The van der Waals surface area contributed by atoms with Crippen molar-refractivity contribution in [1.29, 1.82) is 5.26 Å². The van der Waals surface area contributed by atoms with E-state index < -0.39 is 46.6 Å². The maximum absolute atomic E-state index is 11.5. The lowest BCUT2D eigenvalue weighted by atomic mass is 9.92. The number of nitrogens with two attached hydrogens (primary N) is 1. The number of phosphoric acid groups is 1. The molecule has 28 heavy (non-hydrogen) atoms. The molecule has 6 N–H and O–H groups in total. The second-order valence-corrected chi connectivity index (χ2v) is 8.01. The van der Waals surface area contributed by atoms with E-state index >= 15 is 0 Å². The number of anilines is 1. The lowest BCUT2D eigenvalue weighted by Gasteiger charge is -2.24. The van der Waals surface area contributed by atoms with Crippen molar-refractivity contribution in [2.45, 2.75) is 23.9 Å². The second kappa shape index (κ2) is 7.41. The molecule has 0 radical (unpaired) electrons. The highest BCUT2D eigenvalue weighted by atomic mass is 31.2. The molecule has 2 unspecified atom stereocenters. The van der Waals surface area contributed by atoms with Gasteiger partial charge in [-0.1, -0.05) is 0 Å². The molecular formula is C12H14N5O9P2+. The predicted molar refractivity (Wildman–Crippen MR) is 88.3 cm³/mol. The smallest absolute Gasteiger partial charge is 0.387 e. The van der Waals surface area contributed by atoms with Crippen LogP contribution in [-0.2, 0) is 28.3 Å². The standard InChI is InChI=1S/C12H13N5O9P2/c13-4-12(8-2-1-6-11(14)15-5-16-17(6)8)10(19)9(18)7(25-12)3-24-28(22,23)26-27(20)21/h1-2,5,7,9-10,18-19H,3H2,(H3-,14,15,16,20,21,22,23)/p+1/t7-,9-,10-,12+/m1/s1. The van der Waals surface area contributed by atoms with Crippen LogP contribution >= 0.6 is 16.1 Å². The van der Waals surface area contributed by atoms with Crippen LogP contribution < -0.4 is 5.73 Å². The van der Waals surface area contributed by atoms with Crippen molar-refractivity contribution in [3.05, 3.63) is 24.2 Å². The Bertz CT molecular complexity index is 1010. The third-order valence-electron chi connectivity index (χ3n) is 4.06. The summed E-state index contributed by atoms with van der Waals surface area (Å²) in [5.41, 5.74) is 3.95. The number of aliphatic hydroxyl groups is 2. The Labute approximate surface area is 157 Å². The van der Waals surface area contributed by atoms with Crippen molar-refractivity contribution < 1.29 is 42.7 Å². The fraction of sp³-hybridized carbons (Fsp3) is 0.417. The van der Waals surface area contributed by atoms with Gasteiger partial charge in [0, 0.05) is 4.57 Å². The topological polar surface area (TPSA) is 223 Å². The number of aromatic nitrogens is 3. The number of hydrogen-bond donors (Lipinski definition) is 5. The monoisotopic (exact) mass is 434 g/mol. The van der Waals surface area contributed by atoms with Crippen LogP contribution in [0.4, 0.5) is 5.82 Å². The number of rotatable bonds is 6. The largest absolute Gasteiger partial charge is 0.705 e. The van der Waals surface area contributed by atoms with Crippen molar-refractivity contribution in [2.24, 2.45) is 0 Å². The van der Waals surface area contributed by atoms with E-state index in [2.05, 4.69) is 18.9 Å². The first-order valence-electron chi connectivity index (χ1n) is 7.48. The van der Waals surface area contributed by atoms with Crippen LogP contribution in [0.15, 0.2) is 18.5 Å². The second-order valence-electron chi connectivity index (χ2n) is 5.68. The highest BCUT2D eigenvalue weighted by molar-refractivity contribution is 7.55. The van der Waals surface area contributed by atoms with Crippen LogP contribution in [0, 0.1) is 11.3 Å². The zero-order chi connectivity index (χ0) is 20.7. The van der Waals surface area contributed by atoms with Gasteiger partial charge in [0.25, 0.3) is 0 Å². The molecule has 0 aliphatic carbocycles. The summed E-state index contributed by atoms with van der Waals surface area (Å²) in [6.07, 6.45) is -3.86. The third kappa shape index (κ3) is 3.51. The SMILES string of the molecule is N#C[C@@]1(c2ccc3c(N)ncnn23)O[C@H](COP(=O)(O)O[P+](=O)O)[C@@H](O)[C@H]1O. The maximum Gasteiger partial charge on any atom is 0.705 e. The van der Waals surface area contributed by atoms with Gasteiger partial charge in [-0.05, 0) is 16.4 Å². The van der Waals surface area contributed by atoms with E-state index in [0.717, 1.165) is 6.33 Å². The van der Waals surface area contributed by atoms with Gasteiger partial charge in [0.1, 0.15) is 36.2 Å². The molecule has 1 aliphatic rings. The molecule has 2 aromatic heterocycles. The van der Waals surface area contributed by atoms with E-state index in [1.54, 1.807) is 6.07 Å². The zero-order valence-corrected chi connectivity index (χ0v) is 15.6. The summed E-state index contributed by atoms with van der Waals surface area (Å²) in [5, 5.41) is 34.3. The molecular weight excluding hydrogens is 420 g/mol. The Kier molecular flexibility index (Phi) is 5.48. The van der Waals surface area contributed by atoms with Crippen LogP contribution in [0.25, 0.3) is 5.52 Å². The van der Waals surface area contributed by atoms with Gasteiger partial charge in [-0.15, -0.1) is 4.89 Å². The summed E-state index contributed by atoms with van der Waals surface area (Å²) < 4.78 is 37.0. The van der Waals surface area contributed by atoms with Crippen molar-refractivity contribution >= 4 is 27.4 Å². The van der Waals surface area contributed by atoms with E-state index in [9.17, 15) is 29.5 Å². The van der Waals surface area contributed by atoms with Crippen molar-refractivity contribution in [3.8, 4) is 6.07 Å². The lowest BCUT2D eigenvalue weighted by Crippen LogP contribution is -2.41. The van der Waals surface area contributed by atoms with Gasteiger partial charge < -0.3 is 20.7 Å². The fourth-order valence-corrected chi connectivity index (χ4v) is 4.06.